The van der Waals surface area contributed by atoms with Gasteiger partial charge < -0.3 is 19.3 Å². The lowest BCUT2D eigenvalue weighted by Crippen LogP contribution is -2.53. The molecule has 1 saturated heterocycles. The molecule has 1 N–H and O–H groups in total. The van der Waals surface area contributed by atoms with Crippen LogP contribution in [0.5, 0.6) is 0 Å². The monoisotopic (exact) mass is 400 g/mol. The second-order valence-corrected chi connectivity index (χ2v) is 8.18. The number of hydrogen-bond donors (Lipinski definition) is 1. The summed E-state index contributed by atoms with van der Waals surface area (Å²) < 4.78 is 7.20. The third-order valence-electron chi connectivity index (χ3n) is 5.98. The summed E-state index contributed by atoms with van der Waals surface area (Å²) in [6, 6.07) is 2.55. The maximum atomic E-state index is 5.20. The van der Waals surface area contributed by atoms with Crippen molar-refractivity contribution in [3.8, 4) is 0 Å². The van der Waals surface area contributed by atoms with Crippen LogP contribution in [0.1, 0.15) is 48.8 Å². The molecule has 9 nitrogen and oxygen atoms in total. The third-order valence-corrected chi connectivity index (χ3v) is 5.98. The number of aryl methyl sites for hydroxylation is 2. The highest BCUT2D eigenvalue weighted by molar-refractivity contribution is 5.80. The van der Waals surface area contributed by atoms with Crippen molar-refractivity contribution in [3.63, 3.8) is 0 Å². The van der Waals surface area contributed by atoms with Gasteiger partial charge in [-0.2, -0.15) is 0 Å². The molecule has 4 rings (SSSR count). The molecule has 0 radical (unpaired) electrons. The summed E-state index contributed by atoms with van der Waals surface area (Å²) >= 11 is 0. The van der Waals surface area contributed by atoms with E-state index in [4.69, 9.17) is 9.52 Å². The molecule has 29 heavy (non-hydrogen) atoms. The van der Waals surface area contributed by atoms with Crippen LogP contribution in [0.3, 0.4) is 0 Å². The fourth-order valence-electron chi connectivity index (χ4n) is 4.06. The molecular weight excluding hydrogens is 368 g/mol. The Kier molecular flexibility index (Phi) is 6.13. The van der Waals surface area contributed by atoms with Crippen LogP contribution in [0.2, 0.25) is 0 Å². The Balaban J connectivity index is 1.39. The summed E-state index contributed by atoms with van der Waals surface area (Å²) in [5.41, 5.74) is 1.01. The lowest BCUT2D eigenvalue weighted by Gasteiger charge is -2.37. The molecule has 2 aliphatic rings. The van der Waals surface area contributed by atoms with Crippen LogP contribution in [0, 0.1) is 13.8 Å². The van der Waals surface area contributed by atoms with E-state index >= 15 is 0 Å². The van der Waals surface area contributed by atoms with Gasteiger partial charge in [-0.25, -0.2) is 4.99 Å². The van der Waals surface area contributed by atoms with Crippen LogP contribution in [0.25, 0.3) is 0 Å². The molecule has 1 aliphatic carbocycles. The van der Waals surface area contributed by atoms with E-state index < -0.39 is 0 Å². The van der Waals surface area contributed by atoms with Gasteiger partial charge in [0.15, 0.2) is 11.8 Å². The first-order valence-corrected chi connectivity index (χ1v) is 10.6. The van der Waals surface area contributed by atoms with Crippen LogP contribution in [-0.2, 0) is 20.1 Å². The van der Waals surface area contributed by atoms with E-state index in [9.17, 15) is 0 Å². The van der Waals surface area contributed by atoms with Gasteiger partial charge in [0, 0.05) is 51.9 Å². The predicted molar refractivity (Wildman–Crippen MR) is 110 cm³/mol. The largest absolute Gasteiger partial charge is 0.361 e. The Labute approximate surface area is 172 Å². The van der Waals surface area contributed by atoms with E-state index in [0.29, 0.717) is 12.6 Å². The highest BCUT2D eigenvalue weighted by Gasteiger charge is 2.24. The minimum atomic E-state index is 0.533. The second-order valence-electron chi connectivity index (χ2n) is 8.18. The van der Waals surface area contributed by atoms with E-state index in [1.54, 1.807) is 0 Å². The van der Waals surface area contributed by atoms with Crippen molar-refractivity contribution in [2.45, 2.75) is 58.7 Å². The highest BCUT2D eigenvalue weighted by atomic mass is 16.5. The Hall–Kier alpha value is -2.42. The molecule has 0 amide bonds. The number of rotatable bonds is 5. The van der Waals surface area contributed by atoms with Gasteiger partial charge in [0.1, 0.15) is 18.1 Å². The zero-order chi connectivity index (χ0) is 20.2. The van der Waals surface area contributed by atoms with Crippen LogP contribution in [0.15, 0.2) is 15.6 Å². The molecule has 0 atom stereocenters. The van der Waals surface area contributed by atoms with Gasteiger partial charge in [-0.1, -0.05) is 18.0 Å². The molecule has 2 aromatic heterocycles. The van der Waals surface area contributed by atoms with Crippen LogP contribution >= 0.6 is 0 Å². The normalized spacial score (nSPS) is 19.3. The van der Waals surface area contributed by atoms with Crippen molar-refractivity contribution in [3.05, 3.63) is 29.2 Å². The number of aliphatic imine (C=N–C) groups is 1. The molecule has 0 aromatic carbocycles. The molecule has 158 valence electrons. The summed E-state index contributed by atoms with van der Waals surface area (Å²) in [7, 11) is 1.99. The summed E-state index contributed by atoms with van der Waals surface area (Å²) in [6.07, 6.45) is 5.07. The van der Waals surface area contributed by atoms with Crippen molar-refractivity contribution in [2.24, 2.45) is 12.0 Å². The van der Waals surface area contributed by atoms with Gasteiger partial charge in [0.25, 0.3) is 0 Å². The molecule has 0 bridgehead atoms. The fourth-order valence-corrected chi connectivity index (χ4v) is 4.06. The molecule has 1 aliphatic heterocycles. The molecule has 3 heterocycles. The number of guanidine groups is 1. The Bertz CT molecular complexity index is 827. The SMILES string of the molecule is Cc1cc(CN2CCN(C(=NCc3nnc(C)n3C)NC3CCCC3)CC2)no1. The van der Waals surface area contributed by atoms with Crippen LogP contribution < -0.4 is 5.32 Å². The molecule has 0 spiro atoms. The fraction of sp³-hybridized carbons (Fsp3) is 0.700. The summed E-state index contributed by atoms with van der Waals surface area (Å²) in [5, 5.41) is 16.3. The first-order valence-electron chi connectivity index (χ1n) is 10.6. The Morgan fingerprint density at radius 3 is 2.55 bits per heavy atom. The van der Waals surface area contributed by atoms with Gasteiger partial charge in [-0.15, -0.1) is 10.2 Å². The maximum absolute atomic E-state index is 5.20. The predicted octanol–water partition coefficient (Wildman–Crippen LogP) is 1.63. The quantitative estimate of drug-likeness (QED) is 0.603. The number of nitrogens with zero attached hydrogens (tertiary/aromatic N) is 7. The van der Waals surface area contributed by atoms with E-state index in [1.807, 2.05) is 31.5 Å². The van der Waals surface area contributed by atoms with Gasteiger partial charge in [0.05, 0.1) is 5.69 Å². The topological polar surface area (TPSA) is 87.6 Å². The van der Waals surface area contributed by atoms with Crippen LogP contribution in [-0.4, -0.2) is 67.9 Å². The Morgan fingerprint density at radius 1 is 1.17 bits per heavy atom. The smallest absolute Gasteiger partial charge is 0.194 e. The highest BCUT2D eigenvalue weighted by Crippen LogP contribution is 2.18. The van der Waals surface area contributed by atoms with E-state index in [2.05, 4.69) is 30.5 Å². The average molecular weight is 401 g/mol. The van der Waals surface area contributed by atoms with Crippen molar-refractivity contribution in [1.29, 1.82) is 0 Å². The minimum Gasteiger partial charge on any atom is -0.361 e. The van der Waals surface area contributed by atoms with E-state index in [1.165, 1.54) is 25.7 Å². The molecule has 0 unspecified atom stereocenters. The maximum Gasteiger partial charge on any atom is 0.194 e. The van der Waals surface area contributed by atoms with Crippen LogP contribution in [0.4, 0.5) is 0 Å². The van der Waals surface area contributed by atoms with Gasteiger partial charge in [-0.05, 0) is 26.7 Å². The first-order chi connectivity index (χ1) is 14.1. The number of aromatic nitrogens is 4. The number of piperazine rings is 1. The summed E-state index contributed by atoms with van der Waals surface area (Å²) in [6.45, 7) is 9.16. The molecule has 1 saturated carbocycles. The number of nitrogens with one attached hydrogen (secondary N) is 1. The van der Waals surface area contributed by atoms with Crippen molar-refractivity contribution >= 4 is 5.96 Å². The molecular formula is C20H32N8O. The zero-order valence-electron chi connectivity index (χ0n) is 17.8. The molecule has 9 heteroatoms. The summed E-state index contributed by atoms with van der Waals surface area (Å²) in [5.74, 6) is 3.69. The lowest BCUT2D eigenvalue weighted by molar-refractivity contribution is 0.168. The van der Waals surface area contributed by atoms with Crippen molar-refractivity contribution in [1.82, 2.24) is 35.0 Å². The van der Waals surface area contributed by atoms with Gasteiger partial charge >= 0.3 is 0 Å². The molecule has 2 aromatic rings. The van der Waals surface area contributed by atoms with Crippen molar-refractivity contribution < 1.29 is 4.52 Å². The summed E-state index contributed by atoms with van der Waals surface area (Å²) in [4.78, 5) is 9.73. The second kappa shape index (κ2) is 8.94. The standard InChI is InChI=1S/C20H32N8O/c1-15-12-18(25-29-15)14-27-8-10-28(11-9-27)20(22-17-6-4-5-7-17)21-13-19-24-23-16(2)26(19)3/h12,17H,4-11,13-14H2,1-3H3,(H,21,22). The first kappa shape index (κ1) is 19.9. The zero-order valence-corrected chi connectivity index (χ0v) is 17.8. The minimum absolute atomic E-state index is 0.533. The third kappa shape index (κ3) is 4.95. The Morgan fingerprint density at radius 2 is 1.93 bits per heavy atom. The van der Waals surface area contributed by atoms with Gasteiger partial charge in [-0.3, -0.25) is 4.90 Å². The van der Waals surface area contributed by atoms with Gasteiger partial charge in [0.2, 0.25) is 0 Å². The van der Waals surface area contributed by atoms with E-state index in [-0.39, 0.29) is 0 Å². The molecule has 2 fully saturated rings. The van der Waals surface area contributed by atoms with Crippen molar-refractivity contribution in [2.75, 3.05) is 26.2 Å². The average Bonchev–Trinajstić information content (AvgIpc) is 3.44. The van der Waals surface area contributed by atoms with E-state index in [0.717, 1.165) is 61.8 Å². The number of hydrogen-bond acceptors (Lipinski definition) is 6. The lowest BCUT2D eigenvalue weighted by atomic mass is 10.2.